The quantitative estimate of drug-likeness (QED) is 0.610. The SMILES string of the molecule is CN(C)CC1(C(N)=S)CC1. The van der Waals surface area contributed by atoms with Crippen LogP contribution >= 0.6 is 12.2 Å². The lowest BCUT2D eigenvalue weighted by molar-refractivity contribution is 0.361. The summed E-state index contributed by atoms with van der Waals surface area (Å²) in [5.41, 5.74) is 5.79. The van der Waals surface area contributed by atoms with Gasteiger partial charge in [0.1, 0.15) is 0 Å². The smallest absolute Gasteiger partial charge is 0.0802 e. The van der Waals surface area contributed by atoms with Crippen LogP contribution in [0.3, 0.4) is 0 Å². The van der Waals surface area contributed by atoms with Gasteiger partial charge >= 0.3 is 0 Å². The summed E-state index contributed by atoms with van der Waals surface area (Å²) in [7, 11) is 4.11. The molecule has 1 rings (SSSR count). The van der Waals surface area contributed by atoms with E-state index in [-0.39, 0.29) is 5.41 Å². The van der Waals surface area contributed by atoms with Crippen LogP contribution < -0.4 is 5.73 Å². The first-order valence-electron chi connectivity index (χ1n) is 3.51. The van der Waals surface area contributed by atoms with E-state index in [9.17, 15) is 0 Å². The van der Waals surface area contributed by atoms with Crippen molar-refractivity contribution < 1.29 is 0 Å². The van der Waals surface area contributed by atoms with Crippen LogP contribution in [-0.4, -0.2) is 30.5 Å². The van der Waals surface area contributed by atoms with Gasteiger partial charge in [0.25, 0.3) is 0 Å². The molecular weight excluding hydrogens is 144 g/mol. The molecule has 0 amide bonds. The number of hydrogen-bond acceptors (Lipinski definition) is 2. The number of rotatable bonds is 3. The second-order valence-electron chi connectivity index (χ2n) is 3.38. The molecule has 0 heterocycles. The molecule has 0 aromatic carbocycles. The monoisotopic (exact) mass is 158 g/mol. The number of thiocarbonyl (C=S) groups is 1. The first-order valence-corrected chi connectivity index (χ1v) is 3.92. The van der Waals surface area contributed by atoms with Gasteiger partial charge in [-0.3, -0.25) is 0 Å². The summed E-state index contributed by atoms with van der Waals surface area (Å²) >= 11 is 4.96. The van der Waals surface area contributed by atoms with E-state index in [4.69, 9.17) is 18.0 Å². The average molecular weight is 158 g/mol. The Kier molecular flexibility index (Phi) is 1.97. The predicted octanol–water partition coefficient (Wildman–Crippen LogP) is 0.614. The van der Waals surface area contributed by atoms with Gasteiger partial charge in [-0.2, -0.15) is 0 Å². The first kappa shape index (κ1) is 7.95. The molecule has 0 aliphatic heterocycles. The highest BCUT2D eigenvalue weighted by atomic mass is 32.1. The highest BCUT2D eigenvalue weighted by Gasteiger charge is 2.45. The van der Waals surface area contributed by atoms with E-state index in [1.807, 2.05) is 0 Å². The lowest BCUT2D eigenvalue weighted by Crippen LogP contribution is -2.32. The summed E-state index contributed by atoms with van der Waals surface area (Å²) in [4.78, 5) is 2.84. The van der Waals surface area contributed by atoms with Crippen molar-refractivity contribution in [2.75, 3.05) is 20.6 Å². The zero-order valence-electron chi connectivity index (χ0n) is 6.55. The van der Waals surface area contributed by atoms with E-state index < -0.39 is 0 Å². The Labute approximate surface area is 67.4 Å². The maximum absolute atomic E-state index is 5.59. The van der Waals surface area contributed by atoms with Gasteiger partial charge in [-0.15, -0.1) is 0 Å². The zero-order chi connectivity index (χ0) is 7.78. The molecule has 2 nitrogen and oxygen atoms in total. The van der Waals surface area contributed by atoms with Crippen LogP contribution in [0.15, 0.2) is 0 Å². The number of nitrogens with two attached hydrogens (primary N) is 1. The molecule has 1 aliphatic carbocycles. The van der Waals surface area contributed by atoms with Crippen LogP contribution in [-0.2, 0) is 0 Å². The topological polar surface area (TPSA) is 29.3 Å². The van der Waals surface area contributed by atoms with Crippen molar-refractivity contribution in [2.45, 2.75) is 12.8 Å². The molecule has 0 aromatic rings. The van der Waals surface area contributed by atoms with Crippen molar-refractivity contribution in [1.29, 1.82) is 0 Å². The van der Waals surface area contributed by atoms with Gasteiger partial charge in [-0.05, 0) is 26.9 Å². The van der Waals surface area contributed by atoms with Crippen LogP contribution in [0, 0.1) is 5.41 Å². The van der Waals surface area contributed by atoms with Gasteiger partial charge in [0.05, 0.1) is 4.99 Å². The Balaban J connectivity index is 2.45. The number of hydrogen-bond donors (Lipinski definition) is 1. The van der Waals surface area contributed by atoms with E-state index in [1.54, 1.807) is 0 Å². The molecule has 10 heavy (non-hydrogen) atoms. The minimum atomic E-state index is 0.207. The molecule has 0 radical (unpaired) electrons. The molecule has 2 N–H and O–H groups in total. The zero-order valence-corrected chi connectivity index (χ0v) is 7.37. The third-order valence-electron chi connectivity index (χ3n) is 2.00. The summed E-state index contributed by atoms with van der Waals surface area (Å²) < 4.78 is 0. The van der Waals surface area contributed by atoms with Crippen molar-refractivity contribution >= 4 is 17.2 Å². The van der Waals surface area contributed by atoms with Crippen LogP contribution in [0.2, 0.25) is 0 Å². The summed E-state index contributed by atoms with van der Waals surface area (Å²) in [6.45, 7) is 1.02. The molecule has 0 saturated heterocycles. The second-order valence-corrected chi connectivity index (χ2v) is 3.82. The number of nitrogens with zero attached hydrogens (tertiary/aromatic N) is 1. The van der Waals surface area contributed by atoms with Crippen molar-refractivity contribution in [3.63, 3.8) is 0 Å². The predicted molar refractivity (Wildman–Crippen MR) is 47.0 cm³/mol. The van der Waals surface area contributed by atoms with Crippen molar-refractivity contribution in [2.24, 2.45) is 11.1 Å². The minimum absolute atomic E-state index is 0.207. The van der Waals surface area contributed by atoms with E-state index in [0.717, 1.165) is 6.54 Å². The van der Waals surface area contributed by atoms with Gasteiger partial charge in [0.15, 0.2) is 0 Å². The Morgan fingerprint density at radius 1 is 1.60 bits per heavy atom. The van der Waals surface area contributed by atoms with E-state index in [1.165, 1.54) is 12.8 Å². The Morgan fingerprint density at radius 3 is 2.20 bits per heavy atom. The standard InChI is InChI=1S/C7H14N2S/c1-9(2)5-7(3-4-7)6(8)10/h3-5H2,1-2H3,(H2,8,10). The Morgan fingerprint density at radius 2 is 2.10 bits per heavy atom. The Hall–Kier alpha value is -0.150. The largest absolute Gasteiger partial charge is 0.393 e. The molecular formula is C7H14N2S. The highest BCUT2D eigenvalue weighted by Crippen LogP contribution is 2.46. The second kappa shape index (κ2) is 2.47. The molecule has 0 aromatic heterocycles. The molecule has 1 fully saturated rings. The summed E-state index contributed by atoms with van der Waals surface area (Å²) in [5, 5.41) is 0. The van der Waals surface area contributed by atoms with Crippen molar-refractivity contribution in [1.82, 2.24) is 4.90 Å². The fourth-order valence-electron chi connectivity index (χ4n) is 1.24. The molecule has 3 heteroatoms. The fraction of sp³-hybridized carbons (Fsp3) is 0.857. The van der Waals surface area contributed by atoms with Gasteiger partial charge in [-0.1, -0.05) is 12.2 Å². The normalized spacial score (nSPS) is 21.1. The van der Waals surface area contributed by atoms with E-state index >= 15 is 0 Å². The van der Waals surface area contributed by atoms with Crippen LogP contribution in [0.5, 0.6) is 0 Å². The van der Waals surface area contributed by atoms with Crippen LogP contribution in [0.4, 0.5) is 0 Å². The van der Waals surface area contributed by atoms with Gasteiger partial charge in [0, 0.05) is 12.0 Å². The van der Waals surface area contributed by atoms with Gasteiger partial charge in [0.2, 0.25) is 0 Å². The van der Waals surface area contributed by atoms with E-state index in [2.05, 4.69) is 19.0 Å². The average Bonchev–Trinajstić information content (AvgIpc) is 2.46. The molecule has 58 valence electrons. The lowest BCUT2D eigenvalue weighted by Gasteiger charge is -2.18. The highest BCUT2D eigenvalue weighted by molar-refractivity contribution is 7.80. The molecule has 1 saturated carbocycles. The maximum Gasteiger partial charge on any atom is 0.0802 e. The van der Waals surface area contributed by atoms with Gasteiger partial charge < -0.3 is 10.6 Å². The lowest BCUT2D eigenvalue weighted by atomic mass is 10.1. The van der Waals surface area contributed by atoms with Crippen molar-refractivity contribution in [3.8, 4) is 0 Å². The summed E-state index contributed by atoms with van der Waals surface area (Å²) in [6.07, 6.45) is 2.36. The summed E-state index contributed by atoms with van der Waals surface area (Å²) in [6, 6.07) is 0. The molecule has 0 unspecified atom stereocenters. The van der Waals surface area contributed by atoms with Gasteiger partial charge in [-0.25, -0.2) is 0 Å². The van der Waals surface area contributed by atoms with Crippen molar-refractivity contribution in [3.05, 3.63) is 0 Å². The van der Waals surface area contributed by atoms with Crippen LogP contribution in [0.1, 0.15) is 12.8 Å². The fourth-order valence-corrected chi connectivity index (χ4v) is 1.51. The molecule has 1 aliphatic rings. The minimum Gasteiger partial charge on any atom is -0.393 e. The van der Waals surface area contributed by atoms with E-state index in [0.29, 0.717) is 4.99 Å². The third-order valence-corrected chi connectivity index (χ3v) is 2.43. The summed E-state index contributed by atoms with van der Waals surface area (Å²) in [5.74, 6) is 0. The Bertz CT molecular complexity index is 150. The van der Waals surface area contributed by atoms with Crippen LogP contribution in [0.25, 0.3) is 0 Å². The maximum atomic E-state index is 5.59. The molecule has 0 bridgehead atoms. The molecule has 0 atom stereocenters. The molecule has 0 spiro atoms. The third kappa shape index (κ3) is 1.47. The first-order chi connectivity index (χ1) is 4.57.